The van der Waals surface area contributed by atoms with Crippen LogP contribution in [0, 0.1) is 10.1 Å². The first-order valence-electron chi connectivity index (χ1n) is 3.03. The Kier molecular flexibility index (Phi) is 2.70. The van der Waals surface area contributed by atoms with E-state index in [1.54, 1.807) is 0 Å². The summed E-state index contributed by atoms with van der Waals surface area (Å²) < 4.78 is 0. The Balaban J connectivity index is 3.04. The van der Waals surface area contributed by atoms with Gasteiger partial charge in [0.1, 0.15) is 0 Å². The smallest absolute Gasteiger partial charge is 0.270 e. The lowest BCUT2D eigenvalue weighted by Gasteiger charge is -2.00. The first-order valence-corrected chi connectivity index (χ1v) is 4.28. The van der Waals surface area contributed by atoms with Gasteiger partial charge in [0.05, 0.1) is 4.92 Å². The number of nitro benzene ring substituents is 1. The molecule has 0 fully saturated rings. The molecule has 0 aromatic heterocycles. The molecule has 0 atom stereocenters. The van der Waals surface area contributed by atoms with E-state index in [0.29, 0.717) is 0 Å². The zero-order chi connectivity index (χ0) is 9.14. The SMILES string of the molecule is O=[N+]([O-])c1cccc(P(O)O)c1. The van der Waals surface area contributed by atoms with Gasteiger partial charge < -0.3 is 9.79 Å². The topological polar surface area (TPSA) is 83.6 Å². The van der Waals surface area contributed by atoms with Crippen molar-refractivity contribution in [3.8, 4) is 0 Å². The molecule has 0 amide bonds. The lowest BCUT2D eigenvalue weighted by Crippen LogP contribution is -2.00. The van der Waals surface area contributed by atoms with Crippen molar-refractivity contribution in [2.24, 2.45) is 0 Å². The van der Waals surface area contributed by atoms with E-state index in [4.69, 9.17) is 9.79 Å². The molecule has 0 saturated heterocycles. The largest absolute Gasteiger partial charge is 0.347 e. The van der Waals surface area contributed by atoms with E-state index in [2.05, 4.69) is 0 Å². The van der Waals surface area contributed by atoms with Crippen molar-refractivity contribution in [3.05, 3.63) is 34.4 Å². The van der Waals surface area contributed by atoms with Crippen molar-refractivity contribution in [1.29, 1.82) is 0 Å². The van der Waals surface area contributed by atoms with Crippen LogP contribution in [0.2, 0.25) is 0 Å². The van der Waals surface area contributed by atoms with Gasteiger partial charge in [-0.25, -0.2) is 0 Å². The molecule has 1 aromatic rings. The van der Waals surface area contributed by atoms with E-state index < -0.39 is 13.3 Å². The fourth-order valence-electron chi connectivity index (χ4n) is 0.731. The average Bonchev–Trinajstić information content (AvgIpc) is 2.04. The Labute approximate surface area is 69.3 Å². The van der Waals surface area contributed by atoms with Gasteiger partial charge in [-0.3, -0.25) is 10.1 Å². The van der Waals surface area contributed by atoms with Crippen LogP contribution < -0.4 is 5.30 Å². The summed E-state index contributed by atoms with van der Waals surface area (Å²) in [6.07, 6.45) is 0. The first-order chi connectivity index (χ1) is 5.61. The van der Waals surface area contributed by atoms with Crippen molar-refractivity contribution in [2.45, 2.75) is 0 Å². The highest BCUT2D eigenvalue weighted by Gasteiger charge is 2.09. The molecule has 0 aliphatic carbocycles. The molecule has 0 bridgehead atoms. The van der Waals surface area contributed by atoms with Gasteiger partial charge in [-0.05, 0) is 6.07 Å². The van der Waals surface area contributed by atoms with Gasteiger partial charge in [-0.15, -0.1) is 0 Å². The molecule has 0 radical (unpaired) electrons. The van der Waals surface area contributed by atoms with Crippen LogP contribution in [-0.2, 0) is 0 Å². The fourth-order valence-corrected chi connectivity index (χ4v) is 1.20. The summed E-state index contributed by atoms with van der Waals surface area (Å²) in [4.78, 5) is 27.1. The van der Waals surface area contributed by atoms with Crippen LogP contribution in [0.15, 0.2) is 24.3 Å². The van der Waals surface area contributed by atoms with Gasteiger partial charge in [0.2, 0.25) is 0 Å². The van der Waals surface area contributed by atoms with Crippen LogP contribution in [0.3, 0.4) is 0 Å². The van der Waals surface area contributed by atoms with E-state index in [1.165, 1.54) is 18.2 Å². The Morgan fingerprint density at radius 2 is 2.08 bits per heavy atom. The summed E-state index contributed by atoms with van der Waals surface area (Å²) in [5, 5.41) is 10.4. The Morgan fingerprint density at radius 3 is 2.58 bits per heavy atom. The predicted molar refractivity (Wildman–Crippen MR) is 44.1 cm³/mol. The van der Waals surface area contributed by atoms with Gasteiger partial charge in [-0.1, -0.05) is 6.07 Å². The quantitative estimate of drug-likeness (QED) is 0.401. The minimum Gasteiger partial charge on any atom is -0.347 e. The van der Waals surface area contributed by atoms with Gasteiger partial charge in [0.25, 0.3) is 5.69 Å². The third-order valence-corrected chi connectivity index (χ3v) is 2.01. The zero-order valence-corrected chi connectivity index (χ0v) is 6.81. The molecule has 0 saturated carbocycles. The Morgan fingerprint density at radius 1 is 1.42 bits per heavy atom. The Bertz CT molecular complexity index is 301. The number of non-ortho nitro benzene ring substituents is 1. The first kappa shape index (κ1) is 9.06. The van der Waals surface area contributed by atoms with Gasteiger partial charge in [-0.2, -0.15) is 0 Å². The summed E-state index contributed by atoms with van der Waals surface area (Å²) in [6.45, 7) is 0. The predicted octanol–water partition coefficient (Wildman–Crippen LogP) is 0.517. The van der Waals surface area contributed by atoms with E-state index in [-0.39, 0.29) is 11.0 Å². The van der Waals surface area contributed by atoms with E-state index in [0.717, 1.165) is 6.07 Å². The van der Waals surface area contributed by atoms with Gasteiger partial charge in [0, 0.05) is 17.4 Å². The maximum atomic E-state index is 10.2. The molecule has 5 nitrogen and oxygen atoms in total. The highest BCUT2D eigenvalue weighted by molar-refractivity contribution is 7.54. The molecule has 0 unspecified atom stereocenters. The number of rotatable bonds is 2. The summed E-state index contributed by atoms with van der Waals surface area (Å²) in [6, 6.07) is 5.28. The van der Waals surface area contributed by atoms with E-state index >= 15 is 0 Å². The number of benzene rings is 1. The van der Waals surface area contributed by atoms with Gasteiger partial charge >= 0.3 is 0 Å². The maximum absolute atomic E-state index is 10.2. The molecule has 12 heavy (non-hydrogen) atoms. The number of nitrogens with zero attached hydrogens (tertiary/aromatic N) is 1. The molecule has 1 rings (SSSR count). The Hall–Kier alpha value is -1.03. The number of hydrogen-bond donors (Lipinski definition) is 2. The normalized spacial score (nSPS) is 10.2. The minimum atomic E-state index is -2.24. The molecular weight excluding hydrogens is 181 g/mol. The highest BCUT2D eigenvalue weighted by atomic mass is 31.2. The summed E-state index contributed by atoms with van der Waals surface area (Å²) >= 11 is 0. The van der Waals surface area contributed by atoms with Crippen molar-refractivity contribution in [3.63, 3.8) is 0 Å². The summed E-state index contributed by atoms with van der Waals surface area (Å²) in [7, 11) is -2.24. The van der Waals surface area contributed by atoms with Crippen LogP contribution in [0.4, 0.5) is 5.69 Å². The molecule has 2 N–H and O–H groups in total. The number of nitro groups is 1. The fraction of sp³-hybridized carbons (Fsp3) is 0. The molecular formula is C6H6NO4P. The lowest BCUT2D eigenvalue weighted by atomic mass is 10.3. The summed E-state index contributed by atoms with van der Waals surface area (Å²) in [5.74, 6) is 0. The third-order valence-electron chi connectivity index (χ3n) is 1.27. The maximum Gasteiger partial charge on any atom is 0.270 e. The van der Waals surface area contributed by atoms with E-state index in [9.17, 15) is 10.1 Å². The monoisotopic (exact) mass is 187 g/mol. The molecule has 6 heteroatoms. The van der Waals surface area contributed by atoms with Crippen molar-refractivity contribution in [2.75, 3.05) is 0 Å². The van der Waals surface area contributed by atoms with Crippen molar-refractivity contribution < 1.29 is 14.7 Å². The second kappa shape index (κ2) is 3.58. The van der Waals surface area contributed by atoms with Gasteiger partial charge in [0.15, 0.2) is 8.38 Å². The molecule has 0 heterocycles. The van der Waals surface area contributed by atoms with Crippen molar-refractivity contribution in [1.82, 2.24) is 0 Å². The van der Waals surface area contributed by atoms with E-state index in [1.807, 2.05) is 0 Å². The zero-order valence-electron chi connectivity index (χ0n) is 5.91. The highest BCUT2D eigenvalue weighted by Crippen LogP contribution is 2.23. The molecule has 0 aliphatic rings. The standard InChI is InChI=1S/C6H6NO4P/c8-7(9)5-2-1-3-6(4-5)12(10)11/h1-4,10-11H. The van der Waals surface area contributed by atoms with Crippen LogP contribution in [0.25, 0.3) is 0 Å². The lowest BCUT2D eigenvalue weighted by molar-refractivity contribution is -0.384. The van der Waals surface area contributed by atoms with Crippen LogP contribution in [0.1, 0.15) is 0 Å². The molecule has 0 aliphatic heterocycles. The molecule has 1 aromatic carbocycles. The molecule has 64 valence electrons. The van der Waals surface area contributed by atoms with Crippen molar-refractivity contribution >= 4 is 19.4 Å². The van der Waals surface area contributed by atoms with Crippen LogP contribution >= 0.6 is 8.38 Å². The molecule has 0 spiro atoms. The van der Waals surface area contributed by atoms with Crippen LogP contribution in [-0.4, -0.2) is 14.7 Å². The van der Waals surface area contributed by atoms with Crippen LogP contribution in [0.5, 0.6) is 0 Å². The number of hydrogen-bond acceptors (Lipinski definition) is 4. The third kappa shape index (κ3) is 1.98. The average molecular weight is 187 g/mol. The second-order valence-corrected chi connectivity index (χ2v) is 3.16. The minimum absolute atomic E-state index is 0.136. The summed E-state index contributed by atoms with van der Waals surface area (Å²) in [5.41, 5.74) is -0.136. The second-order valence-electron chi connectivity index (χ2n) is 2.07.